The lowest BCUT2D eigenvalue weighted by atomic mass is 10.1. The van der Waals surface area contributed by atoms with Gasteiger partial charge in [-0.3, -0.25) is 0 Å². The van der Waals surface area contributed by atoms with Crippen molar-refractivity contribution in [2.75, 3.05) is 0 Å². The number of carboxylic acid groups (broad SMARTS) is 1. The van der Waals surface area contributed by atoms with Crippen molar-refractivity contribution in [1.29, 1.82) is 0 Å². The van der Waals surface area contributed by atoms with Crippen molar-refractivity contribution in [3.63, 3.8) is 0 Å². The maximum atomic E-state index is 11.0. The van der Waals surface area contributed by atoms with Gasteiger partial charge in [-0.25, -0.2) is 4.79 Å². The van der Waals surface area contributed by atoms with Gasteiger partial charge in [0.1, 0.15) is 17.5 Å². The quantitative estimate of drug-likeness (QED) is 0.752. The van der Waals surface area contributed by atoms with E-state index in [9.17, 15) is 4.79 Å². The van der Waals surface area contributed by atoms with Gasteiger partial charge >= 0.3 is 5.97 Å². The van der Waals surface area contributed by atoms with E-state index in [1.165, 1.54) is 6.26 Å². The molecule has 3 aromatic rings. The van der Waals surface area contributed by atoms with Crippen molar-refractivity contribution in [2.45, 2.75) is 0 Å². The van der Waals surface area contributed by atoms with Crippen molar-refractivity contribution in [2.24, 2.45) is 0 Å². The molecule has 17 heavy (non-hydrogen) atoms. The molecular weight excluding hydrogens is 240 g/mol. The highest BCUT2D eigenvalue weighted by Gasteiger charge is 2.20. The van der Waals surface area contributed by atoms with Gasteiger partial charge in [0.2, 0.25) is 0 Å². The van der Waals surface area contributed by atoms with E-state index in [2.05, 4.69) is 8.75 Å². The van der Waals surface area contributed by atoms with E-state index < -0.39 is 5.97 Å². The molecule has 0 unspecified atom stereocenters. The third-order valence-corrected chi connectivity index (χ3v) is 2.96. The monoisotopic (exact) mass is 246 g/mol. The summed E-state index contributed by atoms with van der Waals surface area (Å²) in [4.78, 5) is 11.0. The number of fused-ring (bicyclic) bond motifs is 1. The number of aromatic nitrogens is 2. The molecule has 1 N–H and O–H groups in total. The molecular formula is C11H6N2O3S. The largest absolute Gasteiger partial charge is 0.476 e. The zero-order chi connectivity index (χ0) is 11.8. The normalized spacial score (nSPS) is 10.8. The van der Waals surface area contributed by atoms with Gasteiger partial charge in [-0.2, -0.15) is 8.75 Å². The molecule has 0 saturated heterocycles. The molecule has 6 heteroatoms. The summed E-state index contributed by atoms with van der Waals surface area (Å²) in [5.74, 6) is -1.08. The lowest BCUT2D eigenvalue weighted by Crippen LogP contribution is -1.98. The van der Waals surface area contributed by atoms with Crippen molar-refractivity contribution < 1.29 is 14.3 Å². The summed E-state index contributed by atoms with van der Waals surface area (Å²) in [6.45, 7) is 0. The first-order valence-corrected chi connectivity index (χ1v) is 5.53. The minimum Gasteiger partial charge on any atom is -0.476 e. The van der Waals surface area contributed by atoms with Crippen LogP contribution in [0.4, 0.5) is 0 Å². The van der Waals surface area contributed by atoms with Crippen LogP contribution in [0.15, 0.2) is 34.9 Å². The zero-order valence-electron chi connectivity index (χ0n) is 8.45. The van der Waals surface area contributed by atoms with E-state index in [-0.39, 0.29) is 5.69 Å². The van der Waals surface area contributed by atoms with Gasteiger partial charge < -0.3 is 9.52 Å². The third kappa shape index (κ3) is 1.50. The predicted molar refractivity (Wildman–Crippen MR) is 62.1 cm³/mol. The molecule has 3 rings (SSSR count). The molecule has 0 fully saturated rings. The van der Waals surface area contributed by atoms with E-state index in [4.69, 9.17) is 9.52 Å². The molecule has 0 aliphatic heterocycles. The standard InChI is InChI=1S/C11H6N2O3S/c14-11(15)10-9(12-17-13-10)7-5-16-8-4-2-1-3-6(7)8/h1-5H,(H,14,15). The third-order valence-electron chi connectivity index (χ3n) is 2.43. The van der Waals surface area contributed by atoms with Crippen molar-refractivity contribution in [1.82, 2.24) is 8.75 Å². The predicted octanol–water partition coefficient (Wildman–Crippen LogP) is 2.65. The average Bonchev–Trinajstić information content (AvgIpc) is 2.94. The first-order chi connectivity index (χ1) is 8.27. The van der Waals surface area contributed by atoms with Crippen molar-refractivity contribution in [3.05, 3.63) is 36.2 Å². The van der Waals surface area contributed by atoms with E-state index in [1.807, 2.05) is 24.3 Å². The van der Waals surface area contributed by atoms with Gasteiger partial charge in [-0.15, -0.1) is 0 Å². The number of nitrogens with zero attached hydrogens (tertiary/aromatic N) is 2. The van der Waals surface area contributed by atoms with Crippen LogP contribution >= 0.6 is 11.7 Å². The van der Waals surface area contributed by atoms with Gasteiger partial charge in [-0.1, -0.05) is 18.2 Å². The minimum absolute atomic E-state index is 0.0402. The maximum absolute atomic E-state index is 11.0. The first kappa shape index (κ1) is 9.98. The van der Waals surface area contributed by atoms with Crippen LogP contribution in [0.3, 0.4) is 0 Å². The first-order valence-electron chi connectivity index (χ1n) is 4.80. The number of benzene rings is 1. The molecule has 1 aromatic carbocycles. The number of para-hydroxylation sites is 1. The molecule has 84 valence electrons. The summed E-state index contributed by atoms with van der Waals surface area (Å²) in [6, 6.07) is 7.40. The highest BCUT2D eigenvalue weighted by Crippen LogP contribution is 2.31. The van der Waals surface area contributed by atoms with E-state index in [0.29, 0.717) is 16.8 Å². The number of carboxylic acids is 1. The molecule has 0 spiro atoms. The second kappa shape index (κ2) is 3.67. The Morgan fingerprint density at radius 2 is 2.12 bits per heavy atom. The van der Waals surface area contributed by atoms with Crippen LogP contribution in [0.1, 0.15) is 10.5 Å². The summed E-state index contributed by atoms with van der Waals surface area (Å²) in [6.07, 6.45) is 1.51. The Morgan fingerprint density at radius 3 is 2.94 bits per heavy atom. The highest BCUT2D eigenvalue weighted by molar-refractivity contribution is 6.99. The Labute approximate surface area is 99.6 Å². The van der Waals surface area contributed by atoms with Crippen LogP contribution in [-0.2, 0) is 0 Å². The van der Waals surface area contributed by atoms with Gasteiger partial charge in [0.05, 0.1) is 11.7 Å². The number of rotatable bonds is 2. The van der Waals surface area contributed by atoms with Crippen LogP contribution in [0.25, 0.3) is 22.2 Å². The van der Waals surface area contributed by atoms with Gasteiger partial charge in [0, 0.05) is 10.9 Å². The Kier molecular flexibility index (Phi) is 2.15. The average molecular weight is 246 g/mol. The molecule has 0 aliphatic carbocycles. The molecule has 2 aromatic heterocycles. The summed E-state index contributed by atoms with van der Waals surface area (Å²) >= 11 is 0.879. The smallest absolute Gasteiger partial charge is 0.357 e. The second-order valence-corrected chi connectivity index (χ2v) is 3.94. The number of furan rings is 1. The molecule has 0 saturated carbocycles. The molecule has 5 nitrogen and oxygen atoms in total. The number of carbonyl (C=O) groups is 1. The fraction of sp³-hybridized carbons (Fsp3) is 0. The Balaban J connectivity index is 2.28. The Bertz CT molecular complexity index is 701. The van der Waals surface area contributed by atoms with Crippen LogP contribution in [0, 0.1) is 0 Å². The lowest BCUT2D eigenvalue weighted by Gasteiger charge is -1.93. The fourth-order valence-electron chi connectivity index (χ4n) is 1.67. The fourth-order valence-corrected chi connectivity index (χ4v) is 2.22. The van der Waals surface area contributed by atoms with Gasteiger partial charge in [0.15, 0.2) is 5.69 Å². The zero-order valence-corrected chi connectivity index (χ0v) is 9.27. The van der Waals surface area contributed by atoms with Crippen molar-refractivity contribution >= 4 is 28.7 Å². The van der Waals surface area contributed by atoms with Gasteiger partial charge in [0.25, 0.3) is 0 Å². The van der Waals surface area contributed by atoms with E-state index >= 15 is 0 Å². The SMILES string of the molecule is O=C(O)c1nsnc1-c1coc2ccccc12. The molecule has 0 atom stereocenters. The molecule has 0 bridgehead atoms. The van der Waals surface area contributed by atoms with Crippen molar-refractivity contribution in [3.8, 4) is 11.3 Å². The highest BCUT2D eigenvalue weighted by atomic mass is 32.1. The molecule has 0 amide bonds. The summed E-state index contributed by atoms with van der Waals surface area (Å²) < 4.78 is 13.1. The Hall–Kier alpha value is -2.21. The molecule has 0 aliphatic rings. The second-order valence-electron chi connectivity index (χ2n) is 3.41. The maximum Gasteiger partial charge on any atom is 0.357 e. The number of aromatic carboxylic acids is 1. The van der Waals surface area contributed by atoms with Crippen LogP contribution in [0.2, 0.25) is 0 Å². The Morgan fingerprint density at radius 1 is 1.29 bits per heavy atom. The van der Waals surface area contributed by atoms with E-state index in [0.717, 1.165) is 17.1 Å². The number of hydrogen-bond acceptors (Lipinski definition) is 5. The van der Waals surface area contributed by atoms with Crippen LogP contribution < -0.4 is 0 Å². The molecule has 2 heterocycles. The lowest BCUT2D eigenvalue weighted by molar-refractivity contribution is 0.0692. The van der Waals surface area contributed by atoms with Gasteiger partial charge in [-0.05, 0) is 6.07 Å². The summed E-state index contributed by atoms with van der Waals surface area (Å²) in [5, 5.41) is 9.83. The minimum atomic E-state index is -1.08. The summed E-state index contributed by atoms with van der Waals surface area (Å²) in [7, 11) is 0. The number of hydrogen-bond donors (Lipinski definition) is 1. The molecule has 0 radical (unpaired) electrons. The van der Waals surface area contributed by atoms with E-state index in [1.54, 1.807) is 0 Å². The topological polar surface area (TPSA) is 76.2 Å². The van der Waals surface area contributed by atoms with Crippen LogP contribution in [-0.4, -0.2) is 19.8 Å². The summed E-state index contributed by atoms with van der Waals surface area (Å²) in [5.41, 5.74) is 1.67. The van der Waals surface area contributed by atoms with Crippen LogP contribution in [0.5, 0.6) is 0 Å².